The van der Waals surface area contributed by atoms with Crippen LogP contribution >= 0.6 is 0 Å². The van der Waals surface area contributed by atoms with Crippen molar-refractivity contribution in [1.29, 1.82) is 0 Å². The van der Waals surface area contributed by atoms with Crippen LogP contribution in [0.25, 0.3) is 0 Å². The lowest BCUT2D eigenvalue weighted by Crippen LogP contribution is -2.56. The van der Waals surface area contributed by atoms with Crippen LogP contribution in [-0.4, -0.2) is 77.8 Å². The molecule has 2 fully saturated rings. The molecule has 2 aromatic rings. The zero-order valence-corrected chi connectivity index (χ0v) is 25.2. The molecule has 1 unspecified atom stereocenters. The summed E-state index contributed by atoms with van der Waals surface area (Å²) >= 11 is 0. The molecule has 4 heterocycles. The van der Waals surface area contributed by atoms with E-state index in [-0.39, 0.29) is 30.9 Å². The number of fused-ring (bicyclic) bond motifs is 2. The Morgan fingerprint density at radius 3 is 2.26 bits per heavy atom. The first-order chi connectivity index (χ1) is 20.7. The second-order valence-electron chi connectivity index (χ2n) is 12.0. The molecule has 0 bridgehead atoms. The summed E-state index contributed by atoms with van der Waals surface area (Å²) in [6.07, 6.45) is 7.84. The largest absolute Gasteiger partial charge is 0.494 e. The maximum absolute atomic E-state index is 14.6. The number of anilines is 2. The quantitative estimate of drug-likeness (QED) is 0.499. The van der Waals surface area contributed by atoms with Crippen molar-refractivity contribution in [2.45, 2.75) is 51.4 Å². The van der Waals surface area contributed by atoms with E-state index in [9.17, 15) is 19.5 Å². The van der Waals surface area contributed by atoms with Gasteiger partial charge in [0.05, 0.1) is 24.0 Å². The summed E-state index contributed by atoms with van der Waals surface area (Å²) in [6.45, 7) is 8.91. The zero-order valence-electron chi connectivity index (χ0n) is 25.2. The Kier molecular flexibility index (Phi) is 7.42. The Hall–Kier alpha value is -3.95. The maximum atomic E-state index is 14.6. The number of nitrogens with zero attached hydrogens (tertiary/aromatic N) is 3. The first-order valence-corrected chi connectivity index (χ1v) is 15.1. The summed E-state index contributed by atoms with van der Waals surface area (Å²) in [5.74, 6) is -1.86. The summed E-state index contributed by atoms with van der Waals surface area (Å²) < 4.78 is 12.5. The monoisotopic (exact) mass is 585 g/mol. The predicted octanol–water partition coefficient (Wildman–Crippen LogP) is 3.56. The number of benzene rings is 2. The lowest BCUT2D eigenvalue weighted by Gasteiger charge is -2.38. The van der Waals surface area contributed by atoms with Gasteiger partial charge in [-0.1, -0.05) is 42.5 Å². The van der Waals surface area contributed by atoms with Gasteiger partial charge < -0.3 is 29.3 Å². The van der Waals surface area contributed by atoms with Crippen LogP contribution < -0.4 is 14.5 Å². The van der Waals surface area contributed by atoms with Crippen LogP contribution in [0.15, 0.2) is 66.8 Å². The van der Waals surface area contributed by atoms with E-state index in [1.807, 2.05) is 94.5 Å². The van der Waals surface area contributed by atoms with E-state index in [4.69, 9.17) is 9.47 Å². The number of likely N-dealkylation sites (tertiary alicyclic amines) is 1. The highest BCUT2D eigenvalue weighted by Crippen LogP contribution is 2.57. The van der Waals surface area contributed by atoms with E-state index in [2.05, 4.69) is 0 Å². The maximum Gasteiger partial charge on any atom is 0.253 e. The molecular formula is C34H39N3O6. The second-order valence-corrected chi connectivity index (χ2v) is 12.0. The number of ether oxygens (including phenoxy) is 2. The fraction of sp³-hybridized carbons (Fsp3) is 0.441. The first kappa shape index (κ1) is 29.1. The Labute approximate surface area is 252 Å². The van der Waals surface area contributed by atoms with E-state index in [0.717, 1.165) is 16.8 Å². The minimum absolute atomic E-state index is 0.131. The Morgan fingerprint density at radius 1 is 0.907 bits per heavy atom. The summed E-state index contributed by atoms with van der Waals surface area (Å²) in [5, 5.41) is 9.70. The second kappa shape index (κ2) is 11.0. The Bertz CT molecular complexity index is 1480. The summed E-state index contributed by atoms with van der Waals surface area (Å²) in [6, 6.07) is 12.2. The highest BCUT2D eigenvalue weighted by molar-refractivity contribution is 6.08. The fourth-order valence-corrected chi connectivity index (χ4v) is 7.56. The minimum Gasteiger partial charge on any atom is -0.494 e. The standard InChI is InChI=1S/C34H39N3O6/c1-5-42-25-14-12-24(13-15-25)35-18-7-16-33(4)26(30(35)39)27-31(40)37(20-9-21-38)29-32(41)36(19-8-17-34(27,29)43-33)28-22(2)10-6-11-23(28)3/h6-8,10-17,26-27,29,38H,5,9,18-21H2,1-4H3/t26-,27-,29?,33+,34-/m0/s1. The third kappa shape index (κ3) is 4.48. The molecule has 0 aliphatic carbocycles. The normalized spacial score (nSPS) is 29.8. The smallest absolute Gasteiger partial charge is 0.253 e. The molecule has 1 spiro atoms. The summed E-state index contributed by atoms with van der Waals surface area (Å²) in [7, 11) is 0. The van der Waals surface area contributed by atoms with E-state index < -0.39 is 29.1 Å². The topological polar surface area (TPSA) is 99.6 Å². The van der Waals surface area contributed by atoms with Gasteiger partial charge in [0.1, 0.15) is 17.4 Å². The van der Waals surface area contributed by atoms with Crippen LogP contribution in [-0.2, 0) is 19.1 Å². The van der Waals surface area contributed by atoms with E-state index in [1.165, 1.54) is 0 Å². The van der Waals surface area contributed by atoms with Crippen LogP contribution in [0, 0.1) is 25.7 Å². The molecule has 0 saturated carbocycles. The van der Waals surface area contributed by atoms with Crippen molar-refractivity contribution in [1.82, 2.24) is 4.90 Å². The number of hydrogen-bond donors (Lipinski definition) is 1. The third-order valence-corrected chi connectivity index (χ3v) is 9.28. The van der Waals surface area contributed by atoms with Gasteiger partial charge in [-0.3, -0.25) is 14.4 Å². The molecule has 1 N–H and O–H groups in total. The van der Waals surface area contributed by atoms with Gasteiger partial charge in [0.2, 0.25) is 11.8 Å². The minimum atomic E-state index is -1.35. The van der Waals surface area contributed by atoms with Crippen LogP contribution in [0.3, 0.4) is 0 Å². The molecule has 3 amide bonds. The van der Waals surface area contributed by atoms with Crippen molar-refractivity contribution in [2.24, 2.45) is 11.8 Å². The highest BCUT2D eigenvalue weighted by Gasteiger charge is 2.74. The molecule has 4 aliphatic rings. The molecule has 5 atom stereocenters. The van der Waals surface area contributed by atoms with E-state index in [1.54, 1.807) is 14.7 Å². The molecule has 0 aromatic heterocycles. The average Bonchev–Trinajstić information content (AvgIpc) is 3.24. The predicted molar refractivity (Wildman–Crippen MR) is 163 cm³/mol. The molecule has 6 rings (SSSR count). The van der Waals surface area contributed by atoms with Crippen LogP contribution in [0.5, 0.6) is 5.75 Å². The van der Waals surface area contributed by atoms with Crippen molar-refractivity contribution in [3.8, 4) is 5.75 Å². The molecule has 9 nitrogen and oxygen atoms in total. The van der Waals surface area contributed by atoms with Crippen molar-refractivity contribution >= 4 is 29.1 Å². The highest BCUT2D eigenvalue weighted by atomic mass is 16.5. The molecule has 226 valence electrons. The Morgan fingerprint density at radius 2 is 1.58 bits per heavy atom. The molecule has 2 saturated heterocycles. The summed E-state index contributed by atoms with van der Waals surface area (Å²) in [5.41, 5.74) is 0.940. The van der Waals surface area contributed by atoms with Crippen LogP contribution in [0.1, 0.15) is 31.4 Å². The van der Waals surface area contributed by atoms with Gasteiger partial charge in [0, 0.05) is 37.6 Å². The van der Waals surface area contributed by atoms with Crippen molar-refractivity contribution in [2.75, 3.05) is 42.6 Å². The average molecular weight is 586 g/mol. The van der Waals surface area contributed by atoms with Crippen LogP contribution in [0.4, 0.5) is 11.4 Å². The fourth-order valence-electron chi connectivity index (χ4n) is 7.56. The number of para-hydroxylation sites is 1. The van der Waals surface area contributed by atoms with E-state index in [0.29, 0.717) is 37.6 Å². The van der Waals surface area contributed by atoms with E-state index >= 15 is 0 Å². The molecule has 0 radical (unpaired) electrons. The SMILES string of the molecule is CCOc1ccc(N2CC=C[C@@]3(C)O[C@]45C=CCN(c6c(C)cccc6C)C(=O)C4N(CCCO)C(=O)[C@@H]5[C@H]3C2=O)cc1. The van der Waals surface area contributed by atoms with Gasteiger partial charge >= 0.3 is 0 Å². The van der Waals surface area contributed by atoms with Gasteiger partial charge in [-0.05, 0) is 69.5 Å². The van der Waals surface area contributed by atoms with Crippen LogP contribution in [0.2, 0.25) is 0 Å². The van der Waals surface area contributed by atoms with Gasteiger partial charge in [0.25, 0.3) is 5.91 Å². The zero-order chi connectivity index (χ0) is 30.5. The molecule has 4 aliphatic heterocycles. The van der Waals surface area contributed by atoms with Crippen molar-refractivity contribution in [3.63, 3.8) is 0 Å². The third-order valence-electron chi connectivity index (χ3n) is 9.28. The lowest BCUT2D eigenvalue weighted by atomic mass is 9.74. The molecule has 9 heteroatoms. The van der Waals surface area contributed by atoms with Gasteiger partial charge in [-0.2, -0.15) is 0 Å². The number of amides is 3. The molecular weight excluding hydrogens is 546 g/mol. The Balaban J connectivity index is 1.44. The van der Waals surface area contributed by atoms with Gasteiger partial charge in [-0.25, -0.2) is 0 Å². The number of aryl methyl sites for hydroxylation is 2. The van der Waals surface area contributed by atoms with Crippen molar-refractivity contribution < 1.29 is 29.0 Å². The molecule has 43 heavy (non-hydrogen) atoms. The summed E-state index contributed by atoms with van der Waals surface area (Å²) in [4.78, 5) is 48.6. The first-order valence-electron chi connectivity index (χ1n) is 15.1. The van der Waals surface area contributed by atoms with Gasteiger partial charge in [-0.15, -0.1) is 0 Å². The number of carbonyl (C=O) groups excluding carboxylic acids is 3. The number of carbonyl (C=O) groups is 3. The number of hydrogen-bond acceptors (Lipinski definition) is 6. The van der Waals surface area contributed by atoms with Gasteiger partial charge in [0.15, 0.2) is 0 Å². The number of aliphatic hydroxyl groups excluding tert-OH is 1. The van der Waals surface area contributed by atoms with Crippen molar-refractivity contribution in [3.05, 3.63) is 77.9 Å². The number of aliphatic hydroxyl groups is 1. The molecule has 2 aromatic carbocycles. The number of rotatable bonds is 7. The lowest BCUT2D eigenvalue weighted by molar-refractivity contribution is -0.144.